The van der Waals surface area contributed by atoms with Crippen molar-refractivity contribution < 1.29 is 0 Å². The smallest absolute Gasteiger partial charge is 0.0541 e. The topological polar surface area (TPSA) is 4.93 Å². The monoisotopic (exact) mass is 459 g/mol. The third kappa shape index (κ3) is 2.92. The molecule has 0 unspecified atom stereocenters. The first-order chi connectivity index (χ1) is 16.3. The zero-order valence-electron chi connectivity index (χ0n) is 17.6. The van der Waals surface area contributed by atoms with E-state index in [-0.39, 0.29) is 0 Å². The Balaban J connectivity index is 1.48. The van der Waals surface area contributed by atoms with Gasteiger partial charge in [0.1, 0.15) is 0 Å². The van der Waals surface area contributed by atoms with E-state index in [2.05, 4.69) is 108 Å². The van der Waals surface area contributed by atoms with Crippen molar-refractivity contribution in [3.63, 3.8) is 0 Å². The van der Waals surface area contributed by atoms with Crippen LogP contribution in [-0.4, -0.2) is 4.57 Å². The van der Waals surface area contributed by atoms with Gasteiger partial charge in [-0.2, -0.15) is 0 Å². The molecule has 0 bridgehead atoms. The average molecular weight is 460 g/mol. The Morgan fingerprint density at radius 2 is 1.15 bits per heavy atom. The van der Waals surface area contributed by atoms with Crippen molar-refractivity contribution in [1.29, 1.82) is 0 Å². The second-order valence-electron chi connectivity index (χ2n) is 8.37. The molecule has 7 rings (SSSR count). The fourth-order valence-electron chi connectivity index (χ4n) is 4.94. The number of halogens is 1. The number of aromatic nitrogens is 1. The molecule has 2 aromatic heterocycles. The summed E-state index contributed by atoms with van der Waals surface area (Å²) in [6, 6.07) is 39.0. The third-order valence-electron chi connectivity index (χ3n) is 6.45. The molecule has 2 heterocycles. The fourth-order valence-corrected chi connectivity index (χ4v) is 6.18. The quantitative estimate of drug-likeness (QED) is 0.242. The number of fused-ring (bicyclic) bond motifs is 6. The number of thiophene rings is 1. The molecule has 33 heavy (non-hydrogen) atoms. The largest absolute Gasteiger partial charge is 0.309 e. The van der Waals surface area contributed by atoms with Crippen LogP contribution in [0.4, 0.5) is 0 Å². The summed E-state index contributed by atoms with van der Waals surface area (Å²) in [7, 11) is 0. The van der Waals surface area contributed by atoms with E-state index >= 15 is 0 Å². The first-order valence-corrected chi connectivity index (χ1v) is 12.2. The minimum Gasteiger partial charge on any atom is -0.309 e. The molecule has 0 N–H and O–H groups in total. The summed E-state index contributed by atoms with van der Waals surface area (Å²) in [5.74, 6) is 0. The van der Waals surface area contributed by atoms with Crippen LogP contribution < -0.4 is 0 Å². The molecule has 0 fully saturated rings. The third-order valence-corrected chi connectivity index (χ3v) is 7.84. The minimum atomic E-state index is 0.780. The molecule has 156 valence electrons. The number of nitrogens with zero attached hydrogens (tertiary/aromatic N) is 1. The summed E-state index contributed by atoms with van der Waals surface area (Å²) in [5, 5.41) is 5.81. The van der Waals surface area contributed by atoms with Crippen LogP contribution in [-0.2, 0) is 0 Å². The molecular formula is C30H18ClNS. The zero-order chi connectivity index (χ0) is 21.9. The number of rotatable bonds is 2. The molecule has 0 amide bonds. The van der Waals surface area contributed by atoms with Crippen molar-refractivity contribution in [2.24, 2.45) is 0 Å². The van der Waals surface area contributed by atoms with Crippen LogP contribution in [0, 0.1) is 0 Å². The summed E-state index contributed by atoms with van der Waals surface area (Å²) in [6.07, 6.45) is 0. The first kappa shape index (κ1) is 18.9. The van der Waals surface area contributed by atoms with Gasteiger partial charge in [-0.25, -0.2) is 0 Å². The van der Waals surface area contributed by atoms with Gasteiger partial charge in [-0.1, -0.05) is 60.1 Å². The van der Waals surface area contributed by atoms with Crippen LogP contribution in [0.1, 0.15) is 0 Å². The standard InChI is InChI=1S/C30H18ClNS/c31-21-12-15-30-26(18-21)25-17-20(11-14-29(25)33-30)19-10-13-28-24(16-19)23-8-4-5-9-27(23)32(28)22-6-2-1-3-7-22/h1-18H. The van der Waals surface area contributed by atoms with Crippen LogP contribution in [0.25, 0.3) is 58.8 Å². The van der Waals surface area contributed by atoms with Crippen LogP contribution in [0.15, 0.2) is 109 Å². The lowest BCUT2D eigenvalue weighted by Gasteiger charge is -2.08. The van der Waals surface area contributed by atoms with Gasteiger partial charge in [-0.05, 0) is 71.8 Å². The van der Waals surface area contributed by atoms with Gasteiger partial charge < -0.3 is 4.57 Å². The second-order valence-corrected chi connectivity index (χ2v) is 9.89. The predicted molar refractivity (Wildman–Crippen MR) is 144 cm³/mol. The van der Waals surface area contributed by atoms with E-state index in [0.717, 1.165) is 5.02 Å². The van der Waals surface area contributed by atoms with E-state index in [4.69, 9.17) is 11.6 Å². The highest BCUT2D eigenvalue weighted by Crippen LogP contribution is 2.39. The number of para-hydroxylation sites is 2. The number of hydrogen-bond donors (Lipinski definition) is 0. The van der Waals surface area contributed by atoms with Crippen molar-refractivity contribution in [2.75, 3.05) is 0 Å². The van der Waals surface area contributed by atoms with E-state index < -0.39 is 0 Å². The molecule has 7 aromatic rings. The van der Waals surface area contributed by atoms with Gasteiger partial charge in [0.25, 0.3) is 0 Å². The maximum absolute atomic E-state index is 6.31. The van der Waals surface area contributed by atoms with Gasteiger partial charge >= 0.3 is 0 Å². The van der Waals surface area contributed by atoms with E-state index in [0.29, 0.717) is 0 Å². The Bertz CT molecular complexity index is 1830. The maximum Gasteiger partial charge on any atom is 0.0541 e. The summed E-state index contributed by atoms with van der Waals surface area (Å²) in [5.41, 5.74) is 6.08. The van der Waals surface area contributed by atoms with Crippen molar-refractivity contribution in [3.8, 4) is 16.8 Å². The number of hydrogen-bond acceptors (Lipinski definition) is 1. The molecule has 0 aliphatic heterocycles. The van der Waals surface area contributed by atoms with Crippen LogP contribution in [0.3, 0.4) is 0 Å². The molecule has 0 atom stereocenters. The molecule has 1 nitrogen and oxygen atoms in total. The Morgan fingerprint density at radius 1 is 0.515 bits per heavy atom. The molecule has 0 radical (unpaired) electrons. The average Bonchev–Trinajstić information content (AvgIpc) is 3.39. The Morgan fingerprint density at radius 3 is 2.00 bits per heavy atom. The highest BCUT2D eigenvalue weighted by atomic mass is 35.5. The highest BCUT2D eigenvalue weighted by Gasteiger charge is 2.13. The Hall–Kier alpha value is -3.59. The van der Waals surface area contributed by atoms with E-state index in [1.807, 2.05) is 17.4 Å². The molecule has 0 saturated carbocycles. The van der Waals surface area contributed by atoms with Crippen molar-refractivity contribution in [2.45, 2.75) is 0 Å². The van der Waals surface area contributed by atoms with Crippen LogP contribution >= 0.6 is 22.9 Å². The van der Waals surface area contributed by atoms with Gasteiger partial charge in [0, 0.05) is 41.7 Å². The second kappa shape index (κ2) is 7.21. The Labute approximate surface area is 200 Å². The highest BCUT2D eigenvalue weighted by molar-refractivity contribution is 7.25. The predicted octanol–water partition coefficient (Wildman–Crippen LogP) is 9.47. The molecule has 5 aromatic carbocycles. The lowest BCUT2D eigenvalue weighted by Crippen LogP contribution is -1.92. The normalized spacial score (nSPS) is 11.8. The lowest BCUT2D eigenvalue weighted by atomic mass is 10.0. The van der Waals surface area contributed by atoms with Gasteiger partial charge in [0.2, 0.25) is 0 Å². The van der Waals surface area contributed by atoms with Gasteiger partial charge in [0.05, 0.1) is 11.0 Å². The Kier molecular flexibility index (Phi) is 4.14. The molecule has 0 saturated heterocycles. The molecule has 0 aliphatic rings. The van der Waals surface area contributed by atoms with Crippen LogP contribution in [0.2, 0.25) is 5.02 Å². The molecule has 0 aliphatic carbocycles. The van der Waals surface area contributed by atoms with Gasteiger partial charge in [-0.3, -0.25) is 0 Å². The van der Waals surface area contributed by atoms with Crippen LogP contribution in [0.5, 0.6) is 0 Å². The van der Waals surface area contributed by atoms with Crippen molar-refractivity contribution >= 4 is 64.9 Å². The summed E-state index contributed by atoms with van der Waals surface area (Å²) >= 11 is 8.13. The lowest BCUT2D eigenvalue weighted by molar-refractivity contribution is 1.18. The summed E-state index contributed by atoms with van der Waals surface area (Å²) in [4.78, 5) is 0. The van der Waals surface area contributed by atoms with E-state index in [1.165, 1.54) is 58.8 Å². The number of benzene rings is 5. The SMILES string of the molecule is Clc1ccc2sc3ccc(-c4ccc5c(c4)c4ccccc4n5-c4ccccc4)cc3c2c1. The summed E-state index contributed by atoms with van der Waals surface area (Å²) in [6.45, 7) is 0. The van der Waals surface area contributed by atoms with Crippen molar-refractivity contribution in [3.05, 3.63) is 114 Å². The summed E-state index contributed by atoms with van der Waals surface area (Å²) < 4.78 is 4.91. The minimum absolute atomic E-state index is 0.780. The van der Waals surface area contributed by atoms with E-state index in [1.54, 1.807) is 0 Å². The van der Waals surface area contributed by atoms with E-state index in [9.17, 15) is 0 Å². The molecular weight excluding hydrogens is 442 g/mol. The van der Waals surface area contributed by atoms with Gasteiger partial charge in [0.15, 0.2) is 0 Å². The molecule has 3 heteroatoms. The van der Waals surface area contributed by atoms with Gasteiger partial charge in [-0.15, -0.1) is 11.3 Å². The maximum atomic E-state index is 6.31. The first-order valence-electron chi connectivity index (χ1n) is 11.0. The molecule has 0 spiro atoms. The fraction of sp³-hybridized carbons (Fsp3) is 0. The van der Waals surface area contributed by atoms with Crippen molar-refractivity contribution in [1.82, 2.24) is 4.57 Å². The zero-order valence-corrected chi connectivity index (χ0v) is 19.2.